The van der Waals surface area contributed by atoms with E-state index in [2.05, 4.69) is 9.89 Å². The Balaban J connectivity index is 2.40. The smallest absolute Gasteiger partial charge is 0.240 e. The van der Waals surface area contributed by atoms with E-state index in [1.54, 1.807) is 12.1 Å². The van der Waals surface area contributed by atoms with Gasteiger partial charge in [0, 0.05) is 18.1 Å². The zero-order valence-electron chi connectivity index (χ0n) is 8.24. The summed E-state index contributed by atoms with van der Waals surface area (Å²) in [5.41, 5.74) is 1.58. The summed E-state index contributed by atoms with van der Waals surface area (Å²) in [6.07, 6.45) is 3.94. The lowest BCUT2D eigenvalue weighted by atomic mass is 10.2. The maximum atomic E-state index is 10.3. The van der Waals surface area contributed by atoms with Crippen molar-refractivity contribution < 1.29 is 4.79 Å². The molecule has 1 aromatic rings. The van der Waals surface area contributed by atoms with E-state index in [9.17, 15) is 4.79 Å². The summed E-state index contributed by atoms with van der Waals surface area (Å²) in [5.74, 6) is 0. The van der Waals surface area contributed by atoms with Gasteiger partial charge in [-0.05, 0) is 31.0 Å². The van der Waals surface area contributed by atoms with E-state index in [-0.39, 0.29) is 0 Å². The Hall–Kier alpha value is -1.31. The van der Waals surface area contributed by atoms with Gasteiger partial charge in [0.05, 0.1) is 5.69 Å². The van der Waals surface area contributed by atoms with Crippen molar-refractivity contribution in [2.75, 3.05) is 18.0 Å². The van der Waals surface area contributed by atoms with E-state index in [0.717, 1.165) is 18.8 Å². The molecule has 1 aliphatic heterocycles. The van der Waals surface area contributed by atoms with Gasteiger partial charge in [0.25, 0.3) is 0 Å². The second-order valence-corrected chi connectivity index (χ2v) is 3.97. The third-order valence-electron chi connectivity index (χ3n) is 2.55. The molecule has 78 valence electrons. The minimum Gasteiger partial charge on any atom is -0.370 e. The maximum Gasteiger partial charge on any atom is 0.240 e. The van der Waals surface area contributed by atoms with Crippen molar-refractivity contribution in [1.29, 1.82) is 0 Å². The van der Waals surface area contributed by atoms with Gasteiger partial charge < -0.3 is 4.90 Å². The lowest BCUT2D eigenvalue weighted by Gasteiger charge is -2.19. The Morgan fingerprint density at radius 3 is 2.73 bits per heavy atom. The van der Waals surface area contributed by atoms with Crippen LogP contribution in [0.4, 0.5) is 11.4 Å². The number of halogens is 1. The van der Waals surface area contributed by atoms with Crippen molar-refractivity contribution >= 4 is 29.1 Å². The van der Waals surface area contributed by atoms with Crippen LogP contribution in [0.15, 0.2) is 23.2 Å². The van der Waals surface area contributed by atoms with Gasteiger partial charge >= 0.3 is 0 Å². The number of hydrogen-bond donors (Lipinski definition) is 0. The molecular weight excluding hydrogens is 212 g/mol. The molecule has 2 rings (SSSR count). The number of anilines is 1. The predicted octanol–water partition coefficient (Wildman–Crippen LogP) is 2.91. The molecule has 0 spiro atoms. The van der Waals surface area contributed by atoms with Gasteiger partial charge in [-0.2, -0.15) is 4.99 Å². The standard InChI is InChI=1S/C11H11ClN2O/c12-9-3-4-11(10(7-9)13-8-15)14-5-1-2-6-14/h3-4,7H,1-2,5-6H2. The molecule has 0 N–H and O–H groups in total. The molecule has 0 amide bonds. The summed E-state index contributed by atoms with van der Waals surface area (Å²) in [5, 5.41) is 0.590. The third-order valence-corrected chi connectivity index (χ3v) is 2.79. The molecule has 0 unspecified atom stereocenters. The minimum atomic E-state index is 0.590. The van der Waals surface area contributed by atoms with Gasteiger partial charge in [-0.15, -0.1) is 0 Å². The molecular formula is C11H11ClN2O. The summed E-state index contributed by atoms with van der Waals surface area (Å²) in [7, 11) is 0. The van der Waals surface area contributed by atoms with Crippen LogP contribution in [0.1, 0.15) is 12.8 Å². The Morgan fingerprint density at radius 1 is 1.33 bits per heavy atom. The Bertz CT molecular complexity index is 407. The number of nitrogens with zero attached hydrogens (tertiary/aromatic N) is 2. The number of isocyanates is 1. The zero-order chi connectivity index (χ0) is 10.7. The van der Waals surface area contributed by atoms with Crippen LogP contribution in [-0.4, -0.2) is 19.2 Å². The molecule has 0 bridgehead atoms. The second-order valence-electron chi connectivity index (χ2n) is 3.53. The average molecular weight is 223 g/mol. The first-order chi connectivity index (χ1) is 7.31. The Morgan fingerprint density at radius 2 is 2.07 bits per heavy atom. The Labute approximate surface area is 93.4 Å². The molecule has 1 aliphatic rings. The highest BCUT2D eigenvalue weighted by Crippen LogP contribution is 2.33. The van der Waals surface area contributed by atoms with Crippen LogP contribution in [0.5, 0.6) is 0 Å². The van der Waals surface area contributed by atoms with Gasteiger partial charge in [-0.1, -0.05) is 11.6 Å². The molecule has 0 aromatic heterocycles. The molecule has 15 heavy (non-hydrogen) atoms. The van der Waals surface area contributed by atoms with Crippen molar-refractivity contribution in [2.45, 2.75) is 12.8 Å². The molecule has 1 heterocycles. The molecule has 0 radical (unpaired) electrons. The predicted molar refractivity (Wildman–Crippen MR) is 60.7 cm³/mol. The normalized spacial score (nSPS) is 15.1. The molecule has 0 aliphatic carbocycles. The van der Waals surface area contributed by atoms with E-state index in [0.29, 0.717) is 10.7 Å². The molecule has 4 heteroatoms. The highest BCUT2D eigenvalue weighted by molar-refractivity contribution is 6.31. The van der Waals surface area contributed by atoms with Gasteiger partial charge in [0.2, 0.25) is 6.08 Å². The van der Waals surface area contributed by atoms with E-state index in [4.69, 9.17) is 11.6 Å². The number of hydrogen-bond acceptors (Lipinski definition) is 3. The summed E-state index contributed by atoms with van der Waals surface area (Å²) < 4.78 is 0. The van der Waals surface area contributed by atoms with Crippen molar-refractivity contribution in [1.82, 2.24) is 0 Å². The van der Waals surface area contributed by atoms with Crippen molar-refractivity contribution in [3.63, 3.8) is 0 Å². The van der Waals surface area contributed by atoms with Crippen LogP contribution >= 0.6 is 11.6 Å². The fourth-order valence-corrected chi connectivity index (χ4v) is 2.03. The van der Waals surface area contributed by atoms with Crippen molar-refractivity contribution in [3.05, 3.63) is 23.2 Å². The fourth-order valence-electron chi connectivity index (χ4n) is 1.86. The molecule has 3 nitrogen and oxygen atoms in total. The fraction of sp³-hybridized carbons (Fsp3) is 0.364. The van der Waals surface area contributed by atoms with E-state index < -0.39 is 0 Å². The van der Waals surface area contributed by atoms with Crippen LogP contribution in [0.3, 0.4) is 0 Å². The molecule has 1 saturated heterocycles. The number of carbonyl (C=O) groups excluding carboxylic acids is 1. The van der Waals surface area contributed by atoms with E-state index in [1.165, 1.54) is 12.8 Å². The number of rotatable bonds is 2. The van der Waals surface area contributed by atoms with Crippen LogP contribution in [0.25, 0.3) is 0 Å². The van der Waals surface area contributed by atoms with Crippen LogP contribution < -0.4 is 4.90 Å². The molecule has 0 atom stereocenters. The summed E-state index contributed by atoms with van der Waals surface area (Å²) in [4.78, 5) is 16.2. The van der Waals surface area contributed by atoms with E-state index in [1.807, 2.05) is 12.1 Å². The first kappa shape index (κ1) is 10.2. The van der Waals surface area contributed by atoms with Crippen LogP contribution in [-0.2, 0) is 4.79 Å². The quantitative estimate of drug-likeness (QED) is 0.569. The highest BCUT2D eigenvalue weighted by Gasteiger charge is 2.15. The number of aliphatic imine (C=N–C) groups is 1. The van der Waals surface area contributed by atoms with Crippen LogP contribution in [0, 0.1) is 0 Å². The summed E-state index contributed by atoms with van der Waals surface area (Å²) in [6.45, 7) is 2.03. The zero-order valence-corrected chi connectivity index (χ0v) is 9.00. The second kappa shape index (κ2) is 4.47. The lowest BCUT2D eigenvalue weighted by molar-refractivity contribution is 0.565. The molecule has 0 saturated carbocycles. The first-order valence-electron chi connectivity index (χ1n) is 4.93. The van der Waals surface area contributed by atoms with Gasteiger partial charge in [-0.25, -0.2) is 4.79 Å². The van der Waals surface area contributed by atoms with Gasteiger partial charge in [-0.3, -0.25) is 0 Å². The van der Waals surface area contributed by atoms with Gasteiger partial charge in [0.1, 0.15) is 5.69 Å². The maximum absolute atomic E-state index is 10.3. The molecule has 1 fully saturated rings. The number of benzene rings is 1. The monoisotopic (exact) mass is 222 g/mol. The Kier molecular flexibility index (Phi) is 3.05. The topological polar surface area (TPSA) is 32.7 Å². The first-order valence-corrected chi connectivity index (χ1v) is 5.31. The van der Waals surface area contributed by atoms with Gasteiger partial charge in [0.15, 0.2) is 0 Å². The minimum absolute atomic E-state index is 0.590. The van der Waals surface area contributed by atoms with E-state index >= 15 is 0 Å². The lowest BCUT2D eigenvalue weighted by Crippen LogP contribution is -2.17. The van der Waals surface area contributed by atoms with Crippen molar-refractivity contribution in [2.24, 2.45) is 4.99 Å². The molecule has 1 aromatic carbocycles. The largest absolute Gasteiger partial charge is 0.370 e. The third kappa shape index (κ3) is 2.20. The van der Waals surface area contributed by atoms with Crippen molar-refractivity contribution in [3.8, 4) is 0 Å². The summed E-state index contributed by atoms with van der Waals surface area (Å²) >= 11 is 5.85. The SMILES string of the molecule is O=C=Nc1cc(Cl)ccc1N1CCCC1. The van der Waals surface area contributed by atoms with Crippen LogP contribution in [0.2, 0.25) is 5.02 Å². The highest BCUT2D eigenvalue weighted by atomic mass is 35.5. The summed E-state index contributed by atoms with van der Waals surface area (Å²) in [6, 6.07) is 5.42. The average Bonchev–Trinajstić information content (AvgIpc) is 2.71.